The van der Waals surface area contributed by atoms with Crippen molar-refractivity contribution in [3.8, 4) is 0 Å². The monoisotopic (exact) mass is 454 g/mol. The van der Waals surface area contributed by atoms with Gasteiger partial charge in [-0.15, -0.1) is 23.2 Å². The van der Waals surface area contributed by atoms with E-state index in [1.807, 2.05) is 36.4 Å². The van der Waals surface area contributed by atoms with Gasteiger partial charge in [-0.1, -0.05) is 64.5 Å². The quantitative estimate of drug-likeness (QED) is 0.286. The molecule has 2 rings (SSSR count). The molecule has 2 unspecified atom stereocenters. The Balaban J connectivity index is 2.15. The Labute approximate surface area is 173 Å². The molecule has 0 aliphatic heterocycles. The molecular weight excluding hydrogens is 435 g/mol. The maximum Gasteiger partial charge on any atom is 0.183 e. The number of hydrogen-bond acceptors (Lipinski definition) is 2. The van der Waals surface area contributed by atoms with Crippen molar-refractivity contribution in [2.75, 3.05) is 0 Å². The Morgan fingerprint density at radius 3 is 1.88 bits per heavy atom. The fourth-order valence-corrected chi connectivity index (χ4v) is 3.46. The highest BCUT2D eigenvalue weighted by molar-refractivity contribution is 9.09. The van der Waals surface area contributed by atoms with E-state index >= 15 is 0 Å². The Kier molecular flexibility index (Phi) is 6.70. The highest BCUT2D eigenvalue weighted by Gasteiger charge is 2.25. The molecule has 2 aromatic rings. The number of hydrogen-bond donors (Lipinski definition) is 0. The lowest BCUT2D eigenvalue weighted by atomic mass is 9.96. The number of benzene rings is 2. The summed E-state index contributed by atoms with van der Waals surface area (Å²) in [6.07, 6.45) is 1.25. The lowest BCUT2D eigenvalue weighted by Crippen LogP contribution is -2.24. The van der Waals surface area contributed by atoms with E-state index in [1.165, 1.54) is 0 Å². The molecule has 2 aromatic carbocycles. The van der Waals surface area contributed by atoms with Crippen LogP contribution < -0.4 is 0 Å². The van der Waals surface area contributed by atoms with Gasteiger partial charge in [0.2, 0.25) is 0 Å². The molecule has 5 heteroatoms. The van der Waals surface area contributed by atoms with Gasteiger partial charge >= 0.3 is 0 Å². The number of aldehydes is 1. The van der Waals surface area contributed by atoms with Gasteiger partial charge in [0.25, 0.3) is 0 Å². The number of ketones is 1. The van der Waals surface area contributed by atoms with Gasteiger partial charge in [-0.05, 0) is 43.9 Å². The Morgan fingerprint density at radius 2 is 1.46 bits per heavy atom. The van der Waals surface area contributed by atoms with Crippen LogP contribution in [-0.4, -0.2) is 21.8 Å². The van der Waals surface area contributed by atoms with E-state index < -0.39 is 9.75 Å². The van der Waals surface area contributed by atoms with Gasteiger partial charge < -0.3 is 4.79 Å². The van der Waals surface area contributed by atoms with Crippen molar-refractivity contribution in [3.63, 3.8) is 0 Å². The van der Waals surface area contributed by atoms with Crippen LogP contribution in [0.1, 0.15) is 52.6 Å². The lowest BCUT2D eigenvalue weighted by molar-refractivity contribution is -0.109. The maximum atomic E-state index is 12.2. The third kappa shape index (κ3) is 5.42. The topological polar surface area (TPSA) is 34.1 Å². The summed E-state index contributed by atoms with van der Waals surface area (Å²) in [7, 11) is 0. The minimum absolute atomic E-state index is 0.00169. The first-order valence-electron chi connectivity index (χ1n) is 8.25. The number of carbonyl (C=O) groups excluding carboxylic acids is 2. The van der Waals surface area contributed by atoms with Gasteiger partial charge in [0, 0.05) is 5.56 Å². The lowest BCUT2D eigenvalue weighted by Gasteiger charge is -2.17. The summed E-state index contributed by atoms with van der Waals surface area (Å²) in [5, 5.41) is 0. The molecule has 0 radical (unpaired) electrons. The van der Waals surface area contributed by atoms with Crippen molar-refractivity contribution in [2.45, 2.75) is 41.8 Å². The molecule has 138 valence electrons. The largest absolute Gasteiger partial charge is 0.301 e. The van der Waals surface area contributed by atoms with Crippen molar-refractivity contribution in [3.05, 3.63) is 70.8 Å². The zero-order chi connectivity index (χ0) is 19.5. The van der Waals surface area contributed by atoms with Crippen molar-refractivity contribution >= 4 is 51.2 Å². The van der Waals surface area contributed by atoms with Crippen LogP contribution in [0.5, 0.6) is 0 Å². The summed E-state index contributed by atoms with van der Waals surface area (Å²) in [4.78, 5) is 21.4. The molecule has 0 N–H and O–H groups in total. The van der Waals surface area contributed by atoms with Gasteiger partial charge in [0.15, 0.2) is 5.78 Å². The van der Waals surface area contributed by atoms with Gasteiger partial charge in [0.05, 0.1) is 4.83 Å². The Bertz CT molecular complexity index is 775. The molecule has 2 atom stereocenters. The van der Waals surface area contributed by atoms with Crippen LogP contribution in [0.3, 0.4) is 0 Å². The van der Waals surface area contributed by atoms with Gasteiger partial charge in [-0.3, -0.25) is 4.79 Å². The number of alkyl halides is 3. The van der Waals surface area contributed by atoms with Gasteiger partial charge in [-0.25, -0.2) is 0 Å². The van der Waals surface area contributed by atoms with Crippen LogP contribution in [-0.2, 0) is 11.2 Å². The van der Waals surface area contributed by atoms with E-state index in [4.69, 9.17) is 23.2 Å². The number of halogens is 3. The highest BCUT2D eigenvalue weighted by Crippen LogP contribution is 2.32. The normalized spacial score (nSPS) is 15.2. The summed E-state index contributed by atoms with van der Waals surface area (Å²) in [6.45, 7) is 5.08. The molecule has 2 nitrogen and oxygen atoms in total. The summed E-state index contributed by atoms with van der Waals surface area (Å²) < 4.78 is 0. The third-order valence-electron chi connectivity index (χ3n) is 4.07. The van der Waals surface area contributed by atoms with Crippen molar-refractivity contribution in [1.29, 1.82) is 0 Å². The first-order valence-corrected chi connectivity index (χ1v) is 9.92. The molecule has 0 aliphatic carbocycles. The van der Waals surface area contributed by atoms with Crippen LogP contribution in [0.4, 0.5) is 0 Å². The highest BCUT2D eigenvalue weighted by atomic mass is 79.9. The molecule has 0 heterocycles. The fraction of sp³-hybridized carbons (Fsp3) is 0.333. The molecule has 0 aromatic heterocycles. The van der Waals surface area contributed by atoms with Crippen molar-refractivity contribution in [2.24, 2.45) is 0 Å². The van der Waals surface area contributed by atoms with Crippen molar-refractivity contribution < 1.29 is 9.59 Å². The van der Waals surface area contributed by atoms with Crippen LogP contribution in [0.25, 0.3) is 0 Å². The van der Waals surface area contributed by atoms with E-state index in [9.17, 15) is 9.59 Å². The second kappa shape index (κ2) is 8.24. The van der Waals surface area contributed by atoms with E-state index in [-0.39, 0.29) is 10.6 Å². The predicted molar refractivity (Wildman–Crippen MR) is 112 cm³/mol. The second-order valence-corrected chi connectivity index (χ2v) is 9.82. The summed E-state index contributed by atoms with van der Waals surface area (Å²) in [5.41, 5.74) is 3.71. The first kappa shape index (κ1) is 21.1. The van der Waals surface area contributed by atoms with Gasteiger partial charge in [-0.2, -0.15) is 0 Å². The zero-order valence-electron chi connectivity index (χ0n) is 14.9. The minimum atomic E-state index is -0.913. The van der Waals surface area contributed by atoms with E-state index in [0.29, 0.717) is 12.0 Å². The molecule has 0 fully saturated rings. The van der Waals surface area contributed by atoms with Crippen molar-refractivity contribution in [1.82, 2.24) is 0 Å². The van der Waals surface area contributed by atoms with Crippen LogP contribution in [0.2, 0.25) is 0 Å². The first-order chi connectivity index (χ1) is 12.0. The average molecular weight is 456 g/mol. The maximum absolute atomic E-state index is 12.2. The summed E-state index contributed by atoms with van der Waals surface area (Å²) in [6, 6.07) is 15.4. The molecule has 26 heavy (non-hydrogen) atoms. The smallest absolute Gasteiger partial charge is 0.183 e. The second-order valence-electron chi connectivity index (χ2n) is 7.10. The Hall–Kier alpha value is -1.16. The predicted octanol–water partition coefficient (Wildman–Crippen LogP) is 6.11. The molecule has 0 saturated carbocycles. The van der Waals surface area contributed by atoms with Gasteiger partial charge in [0.1, 0.15) is 16.0 Å². The third-order valence-corrected chi connectivity index (χ3v) is 5.53. The summed E-state index contributed by atoms with van der Waals surface area (Å²) >= 11 is 15.9. The standard InChI is InChI=1S/C21H21BrCl2O2/c1-20(2,23)19(26)17-10-8-16(9-11-17)18(22)15-6-4-14(5-7-15)12-21(3,24)13-25/h4-11,13,18H,12H2,1-3H3. The Morgan fingerprint density at radius 1 is 1.00 bits per heavy atom. The molecule has 0 amide bonds. The molecule has 0 bridgehead atoms. The van der Waals surface area contributed by atoms with E-state index in [2.05, 4.69) is 15.9 Å². The van der Waals surface area contributed by atoms with Crippen LogP contribution in [0, 0.1) is 0 Å². The molecule has 0 saturated heterocycles. The number of carbonyl (C=O) groups is 2. The fourth-order valence-electron chi connectivity index (χ4n) is 2.58. The molecule has 0 aliphatic rings. The number of rotatable bonds is 7. The van der Waals surface area contributed by atoms with E-state index in [1.54, 1.807) is 32.9 Å². The SMILES string of the molecule is CC(Cl)(C=O)Cc1ccc(C(Br)c2ccc(C(=O)C(C)(C)Cl)cc2)cc1. The zero-order valence-corrected chi connectivity index (χ0v) is 18.0. The van der Waals surface area contributed by atoms with Crippen LogP contribution in [0.15, 0.2) is 48.5 Å². The average Bonchev–Trinajstić information content (AvgIpc) is 2.60. The van der Waals surface area contributed by atoms with Crippen LogP contribution >= 0.6 is 39.1 Å². The molecular formula is C21H21BrCl2O2. The summed E-state index contributed by atoms with van der Waals surface area (Å²) in [5.74, 6) is -0.0968. The van der Waals surface area contributed by atoms with E-state index in [0.717, 1.165) is 23.0 Å². The molecule has 0 spiro atoms. The number of Topliss-reactive ketones (excluding diaryl/α,β-unsaturated/α-hetero) is 1. The minimum Gasteiger partial charge on any atom is -0.301 e.